The summed E-state index contributed by atoms with van der Waals surface area (Å²) in [6.45, 7) is 5.60. The first kappa shape index (κ1) is 18.2. The number of aliphatic hydroxyl groups is 2. The molecule has 0 aliphatic carbocycles. The minimum atomic E-state index is -0.501. The predicted molar refractivity (Wildman–Crippen MR) is 93.1 cm³/mol. The molecule has 0 spiro atoms. The first-order valence-electron chi connectivity index (χ1n) is 8.16. The predicted octanol–water partition coefficient (Wildman–Crippen LogP) is 3.71. The van der Waals surface area contributed by atoms with Crippen molar-refractivity contribution >= 4 is 5.97 Å². The molecule has 0 aromatic heterocycles. The Morgan fingerprint density at radius 2 is 1.62 bits per heavy atom. The van der Waals surface area contributed by atoms with Crippen LogP contribution in [0.1, 0.15) is 58.8 Å². The van der Waals surface area contributed by atoms with Crippen LogP contribution in [0, 0.1) is 6.92 Å². The van der Waals surface area contributed by atoms with E-state index in [1.807, 2.05) is 19.1 Å². The number of carbonyl (C=O) groups is 1. The van der Waals surface area contributed by atoms with E-state index in [9.17, 15) is 15.0 Å². The number of rotatable bonds is 6. The molecule has 2 rings (SSSR count). The molecule has 2 aromatic carbocycles. The molecule has 2 aromatic rings. The standard InChI is InChI=1S/C20H24O4/c1-4-14(3)15-5-7-16(8-6-15)20(23)24-19-17(11-21)9-13(2)10-18(19)12-22/h5-10,14,21-22H,4,11-12H2,1-3H3. The third-order valence-corrected chi connectivity index (χ3v) is 4.25. The van der Waals surface area contributed by atoms with Gasteiger partial charge in [-0.15, -0.1) is 0 Å². The number of esters is 1. The van der Waals surface area contributed by atoms with Gasteiger partial charge >= 0.3 is 5.97 Å². The highest BCUT2D eigenvalue weighted by atomic mass is 16.5. The van der Waals surface area contributed by atoms with Crippen molar-refractivity contribution in [3.63, 3.8) is 0 Å². The second-order valence-corrected chi connectivity index (χ2v) is 6.05. The van der Waals surface area contributed by atoms with Crippen LogP contribution in [0.4, 0.5) is 0 Å². The fraction of sp³-hybridized carbons (Fsp3) is 0.350. The highest BCUT2D eigenvalue weighted by molar-refractivity contribution is 5.91. The molecule has 0 aliphatic heterocycles. The van der Waals surface area contributed by atoms with Gasteiger partial charge in [0.15, 0.2) is 0 Å². The average molecular weight is 328 g/mol. The van der Waals surface area contributed by atoms with Crippen LogP contribution in [0.3, 0.4) is 0 Å². The van der Waals surface area contributed by atoms with E-state index in [0.29, 0.717) is 22.6 Å². The smallest absolute Gasteiger partial charge is 0.343 e. The Morgan fingerprint density at radius 3 is 2.08 bits per heavy atom. The van der Waals surface area contributed by atoms with Crippen LogP contribution in [0.2, 0.25) is 0 Å². The molecule has 4 nitrogen and oxygen atoms in total. The third kappa shape index (κ3) is 4.02. The summed E-state index contributed by atoms with van der Waals surface area (Å²) in [4.78, 5) is 12.4. The van der Waals surface area contributed by atoms with E-state index in [0.717, 1.165) is 12.0 Å². The Balaban J connectivity index is 2.26. The molecule has 0 saturated heterocycles. The van der Waals surface area contributed by atoms with Crippen molar-refractivity contribution in [2.24, 2.45) is 0 Å². The summed E-state index contributed by atoms with van der Waals surface area (Å²) in [7, 11) is 0. The summed E-state index contributed by atoms with van der Waals surface area (Å²) in [5.41, 5.74) is 3.49. The number of ether oxygens (including phenoxy) is 1. The number of hydrogen-bond donors (Lipinski definition) is 2. The van der Waals surface area contributed by atoms with Crippen molar-refractivity contribution in [3.05, 3.63) is 64.2 Å². The van der Waals surface area contributed by atoms with Crippen molar-refractivity contribution in [1.82, 2.24) is 0 Å². The number of aryl methyl sites for hydroxylation is 1. The number of hydrogen-bond acceptors (Lipinski definition) is 4. The maximum Gasteiger partial charge on any atom is 0.343 e. The highest BCUT2D eigenvalue weighted by Crippen LogP contribution is 2.27. The van der Waals surface area contributed by atoms with E-state index < -0.39 is 5.97 Å². The summed E-state index contributed by atoms with van der Waals surface area (Å²) in [5.74, 6) is 0.176. The van der Waals surface area contributed by atoms with Crippen LogP contribution in [-0.4, -0.2) is 16.2 Å². The van der Waals surface area contributed by atoms with Crippen LogP contribution in [0.5, 0.6) is 5.75 Å². The zero-order valence-electron chi connectivity index (χ0n) is 14.4. The second-order valence-electron chi connectivity index (χ2n) is 6.05. The van der Waals surface area contributed by atoms with E-state index >= 15 is 0 Å². The van der Waals surface area contributed by atoms with Crippen molar-refractivity contribution < 1.29 is 19.7 Å². The lowest BCUT2D eigenvalue weighted by Gasteiger charge is -2.14. The highest BCUT2D eigenvalue weighted by Gasteiger charge is 2.16. The van der Waals surface area contributed by atoms with Gasteiger partial charge in [-0.1, -0.05) is 43.7 Å². The Hall–Kier alpha value is -2.17. The van der Waals surface area contributed by atoms with Gasteiger partial charge in [0, 0.05) is 11.1 Å². The first-order chi connectivity index (χ1) is 11.5. The maximum absolute atomic E-state index is 12.4. The number of carbonyl (C=O) groups excluding carboxylic acids is 1. The quantitative estimate of drug-likeness (QED) is 0.626. The van der Waals surface area contributed by atoms with Crippen molar-refractivity contribution in [2.45, 2.75) is 46.3 Å². The fourth-order valence-electron chi connectivity index (χ4n) is 2.63. The first-order valence-corrected chi connectivity index (χ1v) is 8.16. The van der Waals surface area contributed by atoms with Gasteiger partial charge in [-0.05, 0) is 37.0 Å². The van der Waals surface area contributed by atoms with Gasteiger partial charge in [-0.25, -0.2) is 4.79 Å². The van der Waals surface area contributed by atoms with Gasteiger partial charge in [-0.3, -0.25) is 0 Å². The zero-order valence-corrected chi connectivity index (χ0v) is 14.4. The molecule has 4 heteroatoms. The Morgan fingerprint density at radius 1 is 1.08 bits per heavy atom. The largest absolute Gasteiger partial charge is 0.422 e. The van der Waals surface area contributed by atoms with E-state index in [-0.39, 0.29) is 19.0 Å². The van der Waals surface area contributed by atoms with Gasteiger partial charge in [0.25, 0.3) is 0 Å². The summed E-state index contributed by atoms with van der Waals surface area (Å²) in [5, 5.41) is 19.0. The minimum absolute atomic E-state index is 0.238. The van der Waals surface area contributed by atoms with E-state index in [2.05, 4.69) is 13.8 Å². The van der Waals surface area contributed by atoms with Gasteiger partial charge in [0.1, 0.15) is 5.75 Å². The number of benzene rings is 2. The van der Waals surface area contributed by atoms with Crippen LogP contribution in [-0.2, 0) is 13.2 Å². The summed E-state index contributed by atoms with van der Waals surface area (Å²) in [6, 6.07) is 10.8. The average Bonchev–Trinajstić information content (AvgIpc) is 2.61. The van der Waals surface area contributed by atoms with Crippen molar-refractivity contribution in [2.75, 3.05) is 0 Å². The molecular formula is C20H24O4. The fourth-order valence-corrected chi connectivity index (χ4v) is 2.63. The number of aliphatic hydroxyl groups excluding tert-OH is 2. The molecule has 24 heavy (non-hydrogen) atoms. The van der Waals surface area contributed by atoms with Crippen LogP contribution < -0.4 is 4.74 Å². The lowest BCUT2D eigenvalue weighted by Crippen LogP contribution is -2.12. The van der Waals surface area contributed by atoms with Crippen LogP contribution in [0.25, 0.3) is 0 Å². The Bertz CT molecular complexity index is 679. The summed E-state index contributed by atoms with van der Waals surface area (Å²) >= 11 is 0. The Labute approximate surface area is 142 Å². The molecule has 0 bridgehead atoms. The normalized spacial score (nSPS) is 12.0. The third-order valence-electron chi connectivity index (χ3n) is 4.25. The lowest BCUT2D eigenvalue weighted by atomic mass is 9.98. The topological polar surface area (TPSA) is 66.8 Å². The molecule has 2 N–H and O–H groups in total. The molecule has 0 fully saturated rings. The van der Waals surface area contributed by atoms with Gasteiger partial charge in [-0.2, -0.15) is 0 Å². The molecule has 0 aliphatic rings. The van der Waals surface area contributed by atoms with Crippen LogP contribution >= 0.6 is 0 Å². The van der Waals surface area contributed by atoms with E-state index in [1.54, 1.807) is 24.3 Å². The molecule has 0 saturated carbocycles. The Kier molecular flexibility index (Phi) is 6.12. The summed E-state index contributed by atoms with van der Waals surface area (Å²) < 4.78 is 5.47. The lowest BCUT2D eigenvalue weighted by molar-refractivity contribution is 0.0727. The molecule has 0 radical (unpaired) electrons. The minimum Gasteiger partial charge on any atom is -0.422 e. The van der Waals surface area contributed by atoms with Gasteiger partial charge in [0.2, 0.25) is 0 Å². The molecule has 1 atom stereocenters. The molecule has 1 unspecified atom stereocenters. The second kappa shape index (κ2) is 8.08. The maximum atomic E-state index is 12.4. The van der Waals surface area contributed by atoms with Crippen LogP contribution in [0.15, 0.2) is 36.4 Å². The van der Waals surface area contributed by atoms with Gasteiger partial charge < -0.3 is 14.9 Å². The summed E-state index contributed by atoms with van der Waals surface area (Å²) in [6.07, 6.45) is 1.03. The van der Waals surface area contributed by atoms with E-state index in [1.165, 1.54) is 5.56 Å². The van der Waals surface area contributed by atoms with Crippen molar-refractivity contribution in [3.8, 4) is 5.75 Å². The SMILES string of the molecule is CCC(C)c1ccc(C(=O)Oc2c(CO)cc(C)cc2CO)cc1. The molecule has 128 valence electrons. The van der Waals surface area contributed by atoms with Gasteiger partial charge in [0.05, 0.1) is 18.8 Å². The molecule has 0 amide bonds. The monoisotopic (exact) mass is 328 g/mol. The zero-order chi connectivity index (χ0) is 17.7. The molecular weight excluding hydrogens is 304 g/mol. The molecule has 0 heterocycles. The van der Waals surface area contributed by atoms with E-state index in [4.69, 9.17) is 4.74 Å². The van der Waals surface area contributed by atoms with Crippen molar-refractivity contribution in [1.29, 1.82) is 0 Å².